The lowest BCUT2D eigenvalue weighted by molar-refractivity contribution is -0.160. The summed E-state index contributed by atoms with van der Waals surface area (Å²) in [6.07, 6.45) is 3.73. The molecule has 1 aromatic carbocycles. The minimum Gasteiger partial charge on any atom is -0.465 e. The lowest BCUT2D eigenvalue weighted by atomic mass is 9.67. The molecule has 0 aliphatic rings. The van der Waals surface area contributed by atoms with Gasteiger partial charge in [0.15, 0.2) is 0 Å². The lowest BCUT2D eigenvalue weighted by Crippen LogP contribution is -2.39. The fourth-order valence-electron chi connectivity index (χ4n) is 3.41. The molecule has 0 radical (unpaired) electrons. The smallest absolute Gasteiger partial charge is 0.312 e. The third-order valence-corrected chi connectivity index (χ3v) is 6.21. The largest absolute Gasteiger partial charge is 0.465 e. The van der Waals surface area contributed by atoms with Crippen LogP contribution in [0, 0.1) is 16.7 Å². The summed E-state index contributed by atoms with van der Waals surface area (Å²) in [6, 6.07) is 8.82. The average Bonchev–Trinajstić information content (AvgIpc) is 2.57. The minimum absolute atomic E-state index is 0.0397. The van der Waals surface area contributed by atoms with E-state index in [0.29, 0.717) is 6.61 Å². The van der Waals surface area contributed by atoms with Crippen LogP contribution in [0.25, 0.3) is 0 Å². The maximum absolute atomic E-state index is 12.8. The minimum atomic E-state index is -0.423. The zero-order valence-corrected chi connectivity index (χ0v) is 19.2. The molecule has 154 valence electrons. The molecule has 0 fully saturated rings. The van der Waals surface area contributed by atoms with Gasteiger partial charge in [-0.1, -0.05) is 86.1 Å². The summed E-state index contributed by atoms with van der Waals surface area (Å²) in [5, 5.41) is 0. The Morgan fingerprint density at radius 3 is 2.00 bits per heavy atom. The Morgan fingerprint density at radius 2 is 1.56 bits per heavy atom. The highest BCUT2D eigenvalue weighted by Gasteiger charge is 2.42. The van der Waals surface area contributed by atoms with Crippen molar-refractivity contribution in [3.05, 3.63) is 35.4 Å². The molecule has 2 heteroatoms. The van der Waals surface area contributed by atoms with Gasteiger partial charge in [0.25, 0.3) is 0 Å². The molecule has 0 aliphatic carbocycles. The third kappa shape index (κ3) is 6.97. The Labute approximate surface area is 168 Å². The van der Waals surface area contributed by atoms with Crippen molar-refractivity contribution in [2.24, 2.45) is 16.7 Å². The van der Waals surface area contributed by atoms with Crippen molar-refractivity contribution in [3.8, 4) is 0 Å². The summed E-state index contributed by atoms with van der Waals surface area (Å²) in [5.41, 5.74) is 2.56. The molecule has 0 heterocycles. The molecule has 1 unspecified atom stereocenters. The highest BCUT2D eigenvalue weighted by molar-refractivity contribution is 5.76. The van der Waals surface area contributed by atoms with E-state index in [-0.39, 0.29) is 22.7 Å². The van der Waals surface area contributed by atoms with E-state index in [1.54, 1.807) is 0 Å². The van der Waals surface area contributed by atoms with E-state index in [0.717, 1.165) is 25.7 Å². The van der Waals surface area contributed by atoms with E-state index in [2.05, 4.69) is 86.6 Å². The van der Waals surface area contributed by atoms with Crippen molar-refractivity contribution in [2.45, 2.75) is 93.4 Å². The number of rotatable bonds is 9. The predicted molar refractivity (Wildman–Crippen MR) is 116 cm³/mol. The van der Waals surface area contributed by atoms with Gasteiger partial charge in [0.05, 0.1) is 12.0 Å². The van der Waals surface area contributed by atoms with Crippen molar-refractivity contribution in [3.63, 3.8) is 0 Å². The predicted octanol–water partition coefficient (Wildman–Crippen LogP) is 6.95. The van der Waals surface area contributed by atoms with Crippen LogP contribution in [0.15, 0.2) is 24.3 Å². The van der Waals surface area contributed by atoms with Gasteiger partial charge < -0.3 is 4.74 Å². The second-order valence-corrected chi connectivity index (χ2v) is 10.5. The van der Waals surface area contributed by atoms with Crippen LogP contribution in [0.4, 0.5) is 0 Å². The molecule has 1 aromatic rings. The van der Waals surface area contributed by atoms with Crippen LogP contribution < -0.4 is 0 Å². The van der Waals surface area contributed by atoms with Crippen LogP contribution in [0.1, 0.15) is 92.7 Å². The number of esters is 1. The fourth-order valence-corrected chi connectivity index (χ4v) is 3.41. The maximum Gasteiger partial charge on any atom is 0.312 e. The summed E-state index contributed by atoms with van der Waals surface area (Å²) in [4.78, 5) is 12.8. The zero-order chi connectivity index (χ0) is 20.9. The number of carbonyl (C=O) groups is 1. The molecule has 1 rings (SSSR count). The molecular formula is C25H42O2. The summed E-state index contributed by atoms with van der Waals surface area (Å²) in [6.45, 7) is 20.2. The van der Waals surface area contributed by atoms with Crippen LogP contribution >= 0.6 is 0 Å². The van der Waals surface area contributed by atoms with E-state index < -0.39 is 5.41 Å². The van der Waals surface area contributed by atoms with Gasteiger partial charge in [-0.3, -0.25) is 4.79 Å². The Balaban J connectivity index is 2.57. The number of hydrogen-bond acceptors (Lipinski definition) is 2. The molecule has 0 aliphatic heterocycles. The van der Waals surface area contributed by atoms with Crippen LogP contribution in [-0.2, 0) is 21.4 Å². The van der Waals surface area contributed by atoms with Gasteiger partial charge in [-0.05, 0) is 54.1 Å². The monoisotopic (exact) mass is 374 g/mol. The molecular weight excluding hydrogens is 332 g/mol. The van der Waals surface area contributed by atoms with Gasteiger partial charge in [-0.2, -0.15) is 0 Å². The van der Waals surface area contributed by atoms with Gasteiger partial charge in [0.2, 0.25) is 0 Å². The molecule has 2 nitrogen and oxygen atoms in total. The second-order valence-electron chi connectivity index (χ2n) is 10.5. The highest BCUT2D eigenvalue weighted by atomic mass is 16.5. The van der Waals surface area contributed by atoms with Gasteiger partial charge in [0.1, 0.15) is 0 Å². The molecule has 0 aromatic heterocycles. The topological polar surface area (TPSA) is 26.3 Å². The first-order valence-electron chi connectivity index (χ1n) is 10.6. The SMILES string of the molecule is CCC(C)(C)CC(C)(C(=O)OCCCc1ccc(C(C)(C)C)cc1)C(C)C. The Morgan fingerprint density at radius 1 is 1.00 bits per heavy atom. The van der Waals surface area contributed by atoms with E-state index >= 15 is 0 Å². The van der Waals surface area contributed by atoms with Crippen molar-refractivity contribution in [1.82, 2.24) is 0 Å². The number of hydrogen-bond donors (Lipinski definition) is 0. The summed E-state index contributed by atoms with van der Waals surface area (Å²) < 4.78 is 5.72. The second kappa shape index (κ2) is 9.26. The quantitative estimate of drug-likeness (QED) is 0.345. The van der Waals surface area contributed by atoms with Crippen molar-refractivity contribution in [1.29, 1.82) is 0 Å². The van der Waals surface area contributed by atoms with Crippen LogP contribution in [0.5, 0.6) is 0 Å². The summed E-state index contributed by atoms with van der Waals surface area (Å²) in [5.74, 6) is 0.225. The standard InChI is InChI=1S/C25H42O2/c1-10-24(7,8)18-25(9,19(2)3)22(26)27-17-11-12-20-13-15-21(16-14-20)23(4,5)6/h13-16,19H,10-12,17-18H2,1-9H3. The van der Waals surface area contributed by atoms with E-state index in [1.165, 1.54) is 11.1 Å². The molecule has 0 bridgehead atoms. The lowest BCUT2D eigenvalue weighted by Gasteiger charge is -2.38. The van der Waals surface area contributed by atoms with Gasteiger partial charge in [-0.25, -0.2) is 0 Å². The number of aryl methyl sites for hydroxylation is 1. The van der Waals surface area contributed by atoms with Gasteiger partial charge in [-0.15, -0.1) is 0 Å². The van der Waals surface area contributed by atoms with Gasteiger partial charge in [0, 0.05) is 0 Å². The molecule has 0 saturated carbocycles. The van der Waals surface area contributed by atoms with Crippen molar-refractivity contribution < 1.29 is 9.53 Å². The van der Waals surface area contributed by atoms with Crippen LogP contribution in [0.3, 0.4) is 0 Å². The first-order valence-corrected chi connectivity index (χ1v) is 10.6. The third-order valence-electron chi connectivity index (χ3n) is 6.21. The Kier molecular flexibility index (Phi) is 8.14. The van der Waals surface area contributed by atoms with Gasteiger partial charge >= 0.3 is 5.97 Å². The van der Waals surface area contributed by atoms with Crippen molar-refractivity contribution in [2.75, 3.05) is 6.61 Å². The molecule has 0 amide bonds. The van der Waals surface area contributed by atoms with E-state index in [1.807, 2.05) is 0 Å². The maximum atomic E-state index is 12.8. The van der Waals surface area contributed by atoms with Crippen molar-refractivity contribution >= 4 is 5.97 Å². The Bertz CT molecular complexity index is 590. The fraction of sp³-hybridized carbons (Fsp3) is 0.720. The number of benzene rings is 1. The summed E-state index contributed by atoms with van der Waals surface area (Å²) in [7, 11) is 0. The normalized spacial score (nSPS) is 14.9. The van der Waals surface area contributed by atoms with Crippen LogP contribution in [0.2, 0.25) is 0 Å². The molecule has 27 heavy (non-hydrogen) atoms. The van der Waals surface area contributed by atoms with E-state index in [9.17, 15) is 4.79 Å². The average molecular weight is 375 g/mol. The number of ether oxygens (including phenoxy) is 1. The molecule has 0 saturated heterocycles. The first kappa shape index (κ1) is 23.7. The number of carbonyl (C=O) groups excluding carboxylic acids is 1. The van der Waals surface area contributed by atoms with E-state index in [4.69, 9.17) is 4.74 Å². The molecule has 0 spiro atoms. The highest BCUT2D eigenvalue weighted by Crippen LogP contribution is 2.42. The Hall–Kier alpha value is -1.31. The van der Waals surface area contributed by atoms with Crippen LogP contribution in [-0.4, -0.2) is 12.6 Å². The molecule has 0 N–H and O–H groups in total. The summed E-state index contributed by atoms with van der Waals surface area (Å²) >= 11 is 0. The molecule has 1 atom stereocenters. The zero-order valence-electron chi connectivity index (χ0n) is 19.2. The first-order chi connectivity index (χ1) is 12.3.